The normalized spacial score (nSPS) is 12.1. The molecule has 0 aliphatic rings. The van der Waals surface area contributed by atoms with Crippen molar-refractivity contribution in [1.82, 2.24) is 14.3 Å². The van der Waals surface area contributed by atoms with Crippen molar-refractivity contribution in [3.63, 3.8) is 0 Å². The molecule has 0 aromatic carbocycles. The zero-order valence-electron chi connectivity index (χ0n) is 9.46. The summed E-state index contributed by atoms with van der Waals surface area (Å²) in [4.78, 5) is 6.43. The van der Waals surface area contributed by atoms with E-state index in [4.69, 9.17) is 0 Å². The minimum absolute atomic E-state index is 0.0233. The van der Waals surface area contributed by atoms with Crippen LogP contribution in [0.5, 0.6) is 0 Å². The van der Waals surface area contributed by atoms with Gasteiger partial charge in [0, 0.05) is 23.6 Å². The van der Waals surface area contributed by atoms with E-state index in [2.05, 4.69) is 47.5 Å². The molecule has 1 N–H and O–H groups in total. The lowest BCUT2D eigenvalue weighted by atomic mass is 10.1. The largest absolute Gasteiger partial charge is 0.354 e. The van der Waals surface area contributed by atoms with E-state index < -0.39 is 0 Å². The number of nitrogens with one attached hydrogen (secondary N) is 1. The Balaban J connectivity index is 2.58. The molecule has 0 aliphatic carbocycles. The average molecular weight is 214 g/mol. The Kier molecular flexibility index (Phi) is 3.44. The first-order valence-corrected chi connectivity index (χ1v) is 5.40. The van der Waals surface area contributed by atoms with Crippen LogP contribution in [-0.2, 0) is 0 Å². The van der Waals surface area contributed by atoms with Gasteiger partial charge in [-0.1, -0.05) is 0 Å². The molecule has 0 radical (unpaired) electrons. The van der Waals surface area contributed by atoms with Crippen LogP contribution in [0.4, 0.5) is 5.13 Å². The van der Waals surface area contributed by atoms with Crippen molar-refractivity contribution < 1.29 is 0 Å². The maximum absolute atomic E-state index is 4.28. The minimum atomic E-state index is 0.0233. The number of rotatable bonds is 4. The molecule has 14 heavy (non-hydrogen) atoms. The average Bonchev–Trinajstić information content (AvgIpc) is 2.30. The Morgan fingerprint density at radius 1 is 1.43 bits per heavy atom. The summed E-state index contributed by atoms with van der Waals surface area (Å²) in [7, 11) is 4.13. The van der Waals surface area contributed by atoms with Crippen LogP contribution in [0.1, 0.15) is 19.7 Å². The summed E-state index contributed by atoms with van der Waals surface area (Å²) in [6, 6.07) is 0. The van der Waals surface area contributed by atoms with Crippen LogP contribution in [0, 0.1) is 6.92 Å². The van der Waals surface area contributed by atoms with E-state index in [9.17, 15) is 0 Å². The van der Waals surface area contributed by atoms with E-state index in [0.717, 1.165) is 17.5 Å². The summed E-state index contributed by atoms with van der Waals surface area (Å²) >= 11 is 1.41. The molecule has 0 saturated carbocycles. The quantitative estimate of drug-likeness (QED) is 0.826. The second-order valence-corrected chi connectivity index (χ2v) is 5.15. The van der Waals surface area contributed by atoms with Crippen molar-refractivity contribution >= 4 is 16.7 Å². The van der Waals surface area contributed by atoms with Gasteiger partial charge in [0.15, 0.2) is 0 Å². The molecule has 0 spiro atoms. The van der Waals surface area contributed by atoms with Crippen LogP contribution in [0.25, 0.3) is 0 Å². The Morgan fingerprint density at radius 2 is 2.07 bits per heavy atom. The van der Waals surface area contributed by atoms with Gasteiger partial charge in [-0.3, -0.25) is 0 Å². The molecule has 4 nitrogen and oxygen atoms in total. The predicted molar refractivity (Wildman–Crippen MR) is 60.9 cm³/mol. The van der Waals surface area contributed by atoms with Gasteiger partial charge in [-0.25, -0.2) is 4.98 Å². The zero-order valence-corrected chi connectivity index (χ0v) is 10.3. The van der Waals surface area contributed by atoms with Gasteiger partial charge in [-0.2, -0.15) is 4.37 Å². The fourth-order valence-corrected chi connectivity index (χ4v) is 2.22. The van der Waals surface area contributed by atoms with E-state index in [1.807, 2.05) is 6.92 Å². The van der Waals surface area contributed by atoms with Gasteiger partial charge < -0.3 is 10.2 Å². The highest BCUT2D eigenvalue weighted by atomic mass is 32.1. The van der Waals surface area contributed by atoms with Crippen molar-refractivity contribution in [1.29, 1.82) is 0 Å². The van der Waals surface area contributed by atoms with Crippen molar-refractivity contribution in [2.24, 2.45) is 0 Å². The highest BCUT2D eigenvalue weighted by Crippen LogP contribution is 2.17. The zero-order chi connectivity index (χ0) is 10.8. The lowest BCUT2D eigenvalue weighted by Crippen LogP contribution is -2.41. The predicted octanol–water partition coefficient (Wildman–Crippen LogP) is 1.60. The summed E-state index contributed by atoms with van der Waals surface area (Å²) in [5.74, 6) is 0.832. The second-order valence-electron chi connectivity index (χ2n) is 4.39. The molecule has 0 unspecified atom stereocenters. The van der Waals surface area contributed by atoms with Crippen molar-refractivity contribution in [2.75, 3.05) is 26.0 Å². The summed E-state index contributed by atoms with van der Waals surface area (Å²) < 4.78 is 4.13. The van der Waals surface area contributed by atoms with E-state index >= 15 is 0 Å². The van der Waals surface area contributed by atoms with Crippen molar-refractivity contribution in [3.8, 4) is 0 Å². The number of anilines is 1. The Labute approximate surface area is 89.5 Å². The van der Waals surface area contributed by atoms with Gasteiger partial charge in [-0.15, -0.1) is 0 Å². The van der Waals surface area contributed by atoms with Gasteiger partial charge in [0.2, 0.25) is 5.13 Å². The first-order valence-electron chi connectivity index (χ1n) is 4.62. The summed E-state index contributed by atoms with van der Waals surface area (Å²) in [5.41, 5.74) is 0.0233. The number of nitrogens with zero attached hydrogens (tertiary/aromatic N) is 3. The number of aromatic nitrogens is 2. The number of aryl methyl sites for hydroxylation is 1. The molecule has 0 bridgehead atoms. The second kappa shape index (κ2) is 4.23. The Morgan fingerprint density at radius 3 is 2.50 bits per heavy atom. The van der Waals surface area contributed by atoms with E-state index in [1.54, 1.807) is 0 Å². The van der Waals surface area contributed by atoms with Gasteiger partial charge in [0.25, 0.3) is 0 Å². The monoisotopic (exact) mass is 214 g/mol. The minimum Gasteiger partial charge on any atom is -0.354 e. The molecule has 1 aromatic rings. The number of hydrogen-bond donors (Lipinski definition) is 1. The van der Waals surface area contributed by atoms with E-state index in [1.165, 1.54) is 11.5 Å². The number of likely N-dealkylation sites (N-methyl/N-ethyl adjacent to an activating group) is 1. The van der Waals surface area contributed by atoms with Crippen LogP contribution >= 0.6 is 11.5 Å². The van der Waals surface area contributed by atoms with Gasteiger partial charge in [0.05, 0.1) is 0 Å². The lowest BCUT2D eigenvalue weighted by Gasteiger charge is -2.28. The molecule has 1 rings (SSSR count). The molecule has 1 aromatic heterocycles. The van der Waals surface area contributed by atoms with Crippen LogP contribution in [0.3, 0.4) is 0 Å². The van der Waals surface area contributed by atoms with E-state index in [-0.39, 0.29) is 5.54 Å². The van der Waals surface area contributed by atoms with Crippen molar-refractivity contribution in [3.05, 3.63) is 5.82 Å². The van der Waals surface area contributed by atoms with Crippen LogP contribution < -0.4 is 5.32 Å². The van der Waals surface area contributed by atoms with Gasteiger partial charge in [0.1, 0.15) is 5.82 Å². The molecular formula is C9H18N4S. The van der Waals surface area contributed by atoms with Crippen LogP contribution in [-0.4, -0.2) is 40.4 Å². The van der Waals surface area contributed by atoms with Crippen molar-refractivity contribution in [2.45, 2.75) is 26.3 Å². The third-order valence-corrected chi connectivity index (χ3v) is 2.41. The molecule has 5 heteroatoms. The Bertz CT molecular complexity index is 293. The molecule has 0 atom stereocenters. The van der Waals surface area contributed by atoms with Crippen LogP contribution in [0.15, 0.2) is 0 Å². The molecule has 1 heterocycles. The standard InChI is InChI=1S/C9H18N4S/c1-7-10-8(14-12-7)11-9(2,3)6-13(4)5/h6H2,1-5H3,(H,10,11,12). The number of hydrogen-bond acceptors (Lipinski definition) is 5. The fourth-order valence-electron chi connectivity index (χ4n) is 1.47. The van der Waals surface area contributed by atoms with Gasteiger partial charge >= 0.3 is 0 Å². The molecule has 0 amide bonds. The Hall–Kier alpha value is -0.680. The highest BCUT2D eigenvalue weighted by molar-refractivity contribution is 7.09. The maximum atomic E-state index is 4.28. The summed E-state index contributed by atoms with van der Waals surface area (Å²) in [6.07, 6.45) is 0. The first kappa shape index (κ1) is 11.4. The van der Waals surface area contributed by atoms with E-state index in [0.29, 0.717) is 0 Å². The summed E-state index contributed by atoms with van der Waals surface area (Å²) in [5, 5.41) is 4.27. The molecule has 0 saturated heterocycles. The fraction of sp³-hybridized carbons (Fsp3) is 0.778. The smallest absolute Gasteiger partial charge is 0.203 e. The topological polar surface area (TPSA) is 41.1 Å². The third-order valence-electron chi connectivity index (χ3n) is 1.68. The summed E-state index contributed by atoms with van der Waals surface area (Å²) in [6.45, 7) is 7.18. The highest BCUT2D eigenvalue weighted by Gasteiger charge is 2.19. The lowest BCUT2D eigenvalue weighted by molar-refractivity contribution is 0.334. The SMILES string of the molecule is Cc1nsc(NC(C)(C)CN(C)C)n1. The molecule has 0 aliphatic heterocycles. The first-order chi connectivity index (χ1) is 6.39. The molecular weight excluding hydrogens is 196 g/mol. The maximum Gasteiger partial charge on any atom is 0.203 e. The third kappa shape index (κ3) is 3.59. The van der Waals surface area contributed by atoms with Gasteiger partial charge in [-0.05, 0) is 34.9 Å². The molecule has 0 fully saturated rings. The molecule has 80 valence electrons. The van der Waals surface area contributed by atoms with Crippen LogP contribution in [0.2, 0.25) is 0 Å².